The van der Waals surface area contributed by atoms with Crippen molar-refractivity contribution in [2.24, 2.45) is 0 Å². The quantitative estimate of drug-likeness (QED) is 0.457. The zero-order chi connectivity index (χ0) is 12.0. The molecule has 0 unspecified atom stereocenters. The summed E-state index contributed by atoms with van der Waals surface area (Å²) in [5.41, 5.74) is 0.825. The molecule has 0 bridgehead atoms. The SMILES string of the molecule is CCCCCNc1nc(C)ccc1[N+](=O)[O-]. The molecule has 1 aromatic rings. The highest BCUT2D eigenvalue weighted by Gasteiger charge is 2.14. The van der Waals surface area contributed by atoms with Gasteiger partial charge in [0.1, 0.15) is 0 Å². The van der Waals surface area contributed by atoms with E-state index < -0.39 is 4.92 Å². The Bertz CT molecular complexity index is 366. The molecule has 1 heterocycles. The molecule has 0 saturated heterocycles. The second-order valence-corrected chi connectivity index (χ2v) is 3.71. The van der Waals surface area contributed by atoms with Gasteiger partial charge in [-0.2, -0.15) is 0 Å². The predicted octanol–water partition coefficient (Wildman–Crippen LogP) is 2.90. The fraction of sp³-hybridized carbons (Fsp3) is 0.545. The lowest BCUT2D eigenvalue weighted by Crippen LogP contribution is -2.06. The molecule has 0 spiro atoms. The third kappa shape index (κ3) is 3.49. The van der Waals surface area contributed by atoms with E-state index >= 15 is 0 Å². The lowest BCUT2D eigenvalue weighted by atomic mass is 10.2. The average Bonchev–Trinajstić information content (AvgIpc) is 2.24. The number of pyridine rings is 1. The number of nitro groups is 1. The van der Waals surface area contributed by atoms with Gasteiger partial charge in [0, 0.05) is 18.3 Å². The molecule has 0 atom stereocenters. The number of hydrogen-bond donors (Lipinski definition) is 1. The van der Waals surface area contributed by atoms with Crippen molar-refractivity contribution in [3.63, 3.8) is 0 Å². The van der Waals surface area contributed by atoms with Crippen molar-refractivity contribution in [3.05, 3.63) is 27.9 Å². The van der Waals surface area contributed by atoms with Crippen LogP contribution in [0.3, 0.4) is 0 Å². The highest BCUT2D eigenvalue weighted by atomic mass is 16.6. The van der Waals surface area contributed by atoms with Crippen LogP contribution >= 0.6 is 0 Å². The van der Waals surface area contributed by atoms with E-state index in [4.69, 9.17) is 0 Å². The maximum atomic E-state index is 10.7. The Morgan fingerprint density at radius 2 is 2.19 bits per heavy atom. The van der Waals surface area contributed by atoms with Crippen molar-refractivity contribution in [2.75, 3.05) is 11.9 Å². The summed E-state index contributed by atoms with van der Waals surface area (Å²) in [6.07, 6.45) is 3.25. The number of aromatic nitrogens is 1. The van der Waals surface area contributed by atoms with Gasteiger partial charge in [0.05, 0.1) is 4.92 Å². The lowest BCUT2D eigenvalue weighted by Gasteiger charge is -2.06. The van der Waals surface area contributed by atoms with E-state index in [0.717, 1.165) is 31.5 Å². The molecule has 0 amide bonds. The minimum Gasteiger partial charge on any atom is -0.364 e. The Labute approximate surface area is 95.0 Å². The highest BCUT2D eigenvalue weighted by molar-refractivity contribution is 5.55. The van der Waals surface area contributed by atoms with Gasteiger partial charge in [-0.05, 0) is 19.4 Å². The highest BCUT2D eigenvalue weighted by Crippen LogP contribution is 2.21. The normalized spacial score (nSPS) is 10.1. The van der Waals surface area contributed by atoms with E-state index in [1.165, 1.54) is 6.07 Å². The van der Waals surface area contributed by atoms with E-state index in [1.54, 1.807) is 6.07 Å². The van der Waals surface area contributed by atoms with Crippen LogP contribution in [-0.2, 0) is 0 Å². The van der Waals surface area contributed by atoms with Gasteiger partial charge in [-0.3, -0.25) is 10.1 Å². The van der Waals surface area contributed by atoms with Crippen LogP contribution in [0.25, 0.3) is 0 Å². The second-order valence-electron chi connectivity index (χ2n) is 3.71. The standard InChI is InChI=1S/C11H17N3O2/c1-3-4-5-8-12-11-10(14(15)16)7-6-9(2)13-11/h6-7H,3-5,8H2,1-2H3,(H,12,13). The van der Waals surface area contributed by atoms with Crippen LogP contribution in [-0.4, -0.2) is 16.5 Å². The minimum absolute atomic E-state index is 0.0436. The summed E-state index contributed by atoms with van der Waals surface area (Å²) < 4.78 is 0. The fourth-order valence-electron chi connectivity index (χ4n) is 1.41. The Kier molecular flexibility index (Phi) is 4.69. The maximum absolute atomic E-state index is 10.7. The minimum atomic E-state index is -0.408. The average molecular weight is 223 g/mol. The number of unbranched alkanes of at least 4 members (excludes halogenated alkanes) is 2. The Morgan fingerprint density at radius 1 is 1.44 bits per heavy atom. The zero-order valence-corrected chi connectivity index (χ0v) is 9.69. The molecule has 5 heteroatoms. The number of nitrogens with one attached hydrogen (secondary N) is 1. The number of hydrogen-bond acceptors (Lipinski definition) is 4. The van der Waals surface area contributed by atoms with Crippen molar-refractivity contribution in [1.82, 2.24) is 4.98 Å². The summed E-state index contributed by atoms with van der Waals surface area (Å²) in [5.74, 6) is 0.376. The molecule has 0 aliphatic rings. The number of rotatable bonds is 6. The summed E-state index contributed by atoms with van der Waals surface area (Å²) >= 11 is 0. The summed E-state index contributed by atoms with van der Waals surface area (Å²) in [6, 6.07) is 3.14. The van der Waals surface area contributed by atoms with Crippen molar-refractivity contribution in [3.8, 4) is 0 Å². The van der Waals surface area contributed by atoms with Gasteiger partial charge in [0.25, 0.3) is 0 Å². The first-order valence-corrected chi connectivity index (χ1v) is 5.51. The molecule has 16 heavy (non-hydrogen) atoms. The summed E-state index contributed by atoms with van der Waals surface area (Å²) in [4.78, 5) is 14.5. The largest absolute Gasteiger partial charge is 0.364 e. The van der Waals surface area contributed by atoms with E-state index in [2.05, 4.69) is 17.2 Å². The van der Waals surface area contributed by atoms with Crippen LogP contribution in [0.2, 0.25) is 0 Å². The molecule has 0 saturated carbocycles. The summed E-state index contributed by atoms with van der Waals surface area (Å²) in [5, 5.41) is 13.8. The van der Waals surface area contributed by atoms with Crippen LogP contribution in [0, 0.1) is 17.0 Å². The van der Waals surface area contributed by atoms with Crippen LogP contribution in [0.5, 0.6) is 0 Å². The fourth-order valence-corrected chi connectivity index (χ4v) is 1.41. The van der Waals surface area contributed by atoms with E-state index in [9.17, 15) is 10.1 Å². The number of nitrogens with zero attached hydrogens (tertiary/aromatic N) is 2. The second kappa shape index (κ2) is 6.05. The molecule has 0 aliphatic heterocycles. The summed E-state index contributed by atoms with van der Waals surface area (Å²) in [6.45, 7) is 4.67. The monoisotopic (exact) mass is 223 g/mol. The van der Waals surface area contributed by atoms with Crippen LogP contribution in [0.4, 0.5) is 11.5 Å². The van der Waals surface area contributed by atoms with E-state index in [-0.39, 0.29) is 5.69 Å². The van der Waals surface area contributed by atoms with Crippen LogP contribution in [0.15, 0.2) is 12.1 Å². The molecule has 88 valence electrons. The Hall–Kier alpha value is -1.65. The van der Waals surface area contributed by atoms with Crippen LogP contribution < -0.4 is 5.32 Å². The van der Waals surface area contributed by atoms with Gasteiger partial charge < -0.3 is 5.32 Å². The molecule has 1 N–H and O–H groups in total. The van der Waals surface area contributed by atoms with Gasteiger partial charge in [-0.1, -0.05) is 19.8 Å². The first kappa shape index (κ1) is 12.4. The molecule has 1 rings (SSSR count). The molecular weight excluding hydrogens is 206 g/mol. The molecule has 0 aliphatic carbocycles. The van der Waals surface area contributed by atoms with E-state index in [1.807, 2.05) is 6.92 Å². The lowest BCUT2D eigenvalue weighted by molar-refractivity contribution is -0.384. The Balaban J connectivity index is 2.68. The van der Waals surface area contributed by atoms with Crippen molar-refractivity contribution < 1.29 is 4.92 Å². The van der Waals surface area contributed by atoms with Gasteiger partial charge in [-0.15, -0.1) is 0 Å². The third-order valence-electron chi connectivity index (χ3n) is 2.28. The van der Waals surface area contributed by atoms with Gasteiger partial charge in [-0.25, -0.2) is 4.98 Å². The zero-order valence-electron chi connectivity index (χ0n) is 9.69. The molecule has 5 nitrogen and oxygen atoms in total. The first-order valence-electron chi connectivity index (χ1n) is 5.51. The molecule has 1 aromatic heterocycles. The molecule has 0 radical (unpaired) electrons. The topological polar surface area (TPSA) is 68.1 Å². The van der Waals surface area contributed by atoms with Crippen molar-refractivity contribution >= 4 is 11.5 Å². The van der Waals surface area contributed by atoms with Crippen LogP contribution in [0.1, 0.15) is 31.9 Å². The molecular formula is C11H17N3O2. The first-order chi connectivity index (χ1) is 7.65. The van der Waals surface area contributed by atoms with Crippen molar-refractivity contribution in [2.45, 2.75) is 33.1 Å². The predicted molar refractivity (Wildman–Crippen MR) is 63.6 cm³/mol. The molecule has 0 fully saturated rings. The van der Waals surface area contributed by atoms with Crippen molar-refractivity contribution in [1.29, 1.82) is 0 Å². The van der Waals surface area contributed by atoms with Gasteiger partial charge in [0.15, 0.2) is 0 Å². The molecule has 0 aromatic carbocycles. The summed E-state index contributed by atoms with van der Waals surface area (Å²) in [7, 11) is 0. The Morgan fingerprint density at radius 3 is 2.81 bits per heavy atom. The van der Waals surface area contributed by atoms with Gasteiger partial charge >= 0.3 is 5.69 Å². The smallest absolute Gasteiger partial charge is 0.311 e. The number of aryl methyl sites for hydroxylation is 1. The number of anilines is 1. The van der Waals surface area contributed by atoms with E-state index in [0.29, 0.717) is 5.82 Å². The third-order valence-corrected chi connectivity index (χ3v) is 2.28. The van der Waals surface area contributed by atoms with Gasteiger partial charge in [0.2, 0.25) is 5.82 Å². The maximum Gasteiger partial charge on any atom is 0.311 e.